The standard InChI is InChI=1S/C13H12O3P2S3/c14-12-4-2-1-3-11(12)13(15)16-9-5-7-10(8-6-9)18(19)20-17-21-18/h3-8,14,17H,1-2H2. The van der Waals surface area contributed by atoms with Crippen molar-refractivity contribution in [3.63, 3.8) is 0 Å². The van der Waals surface area contributed by atoms with Crippen LogP contribution in [0.4, 0.5) is 0 Å². The Morgan fingerprint density at radius 1 is 1.24 bits per heavy atom. The summed E-state index contributed by atoms with van der Waals surface area (Å²) in [6.45, 7) is 0.843. The van der Waals surface area contributed by atoms with Gasteiger partial charge in [0, 0.05) is 12.3 Å². The van der Waals surface area contributed by atoms with Crippen molar-refractivity contribution in [2.24, 2.45) is 0 Å². The fraction of sp³-hybridized carbons (Fsp3) is 0.154. The van der Waals surface area contributed by atoms with Crippen LogP contribution in [0.15, 0.2) is 47.7 Å². The molecule has 0 unspecified atom stereocenters. The van der Waals surface area contributed by atoms with Gasteiger partial charge >= 0.3 is 5.97 Å². The van der Waals surface area contributed by atoms with Crippen LogP contribution in [-0.2, 0) is 16.6 Å². The second-order valence-electron chi connectivity index (χ2n) is 4.43. The number of carbonyl (C=O) groups is 1. The lowest BCUT2D eigenvalue weighted by molar-refractivity contribution is -0.130. The number of carbonyl (C=O) groups excluding carboxylic acids is 1. The summed E-state index contributed by atoms with van der Waals surface area (Å²) in [5, 5.41) is 10.8. The molecule has 8 heteroatoms. The first-order chi connectivity index (χ1) is 10.1. The van der Waals surface area contributed by atoms with Crippen LogP contribution < -0.4 is 10.0 Å². The van der Waals surface area contributed by atoms with Crippen molar-refractivity contribution in [3.05, 3.63) is 47.7 Å². The van der Waals surface area contributed by atoms with Crippen molar-refractivity contribution in [3.8, 4) is 5.75 Å². The Morgan fingerprint density at radius 2 is 1.90 bits per heavy atom. The molecule has 1 heterocycles. The normalized spacial score (nSPS) is 25.7. The number of hydrogen-bond acceptors (Lipinski definition) is 6. The smallest absolute Gasteiger partial charge is 0.346 e. The first kappa shape index (κ1) is 15.6. The predicted molar refractivity (Wildman–Crippen MR) is 97.5 cm³/mol. The number of aliphatic hydroxyl groups excluding tert-OH is 1. The maximum Gasteiger partial charge on any atom is 0.346 e. The van der Waals surface area contributed by atoms with Crippen LogP contribution in [-0.4, -0.2) is 11.1 Å². The maximum atomic E-state index is 12.0. The Morgan fingerprint density at radius 3 is 2.48 bits per heavy atom. The Balaban J connectivity index is 1.71. The van der Waals surface area contributed by atoms with Gasteiger partial charge in [-0.15, -0.1) is 0 Å². The van der Waals surface area contributed by atoms with Gasteiger partial charge in [-0.2, -0.15) is 0 Å². The third kappa shape index (κ3) is 3.40. The second-order valence-corrected chi connectivity index (χ2v) is 19.9. The van der Waals surface area contributed by atoms with Gasteiger partial charge in [0.05, 0.1) is 10.0 Å². The summed E-state index contributed by atoms with van der Waals surface area (Å²) in [5.74, 6) is -0.0443. The Labute approximate surface area is 137 Å². The fourth-order valence-corrected chi connectivity index (χ4v) is 19.6. The van der Waals surface area contributed by atoms with E-state index < -0.39 is 10.4 Å². The third-order valence-corrected chi connectivity index (χ3v) is 26.1. The summed E-state index contributed by atoms with van der Waals surface area (Å²) < 4.78 is 3.84. The monoisotopic (exact) mass is 374 g/mol. The molecule has 1 N–H and O–H groups in total. The van der Waals surface area contributed by atoms with Gasteiger partial charge in [0.15, 0.2) is 0 Å². The van der Waals surface area contributed by atoms with Crippen molar-refractivity contribution >= 4 is 56.5 Å². The molecule has 3 nitrogen and oxygen atoms in total. The summed E-state index contributed by atoms with van der Waals surface area (Å²) in [7, 11) is 0. The Bertz CT molecular complexity index is 674. The molecule has 1 saturated heterocycles. The van der Waals surface area contributed by atoms with E-state index >= 15 is 0 Å². The lowest BCUT2D eigenvalue weighted by Crippen LogP contribution is -2.14. The zero-order valence-electron chi connectivity index (χ0n) is 10.8. The van der Waals surface area contributed by atoms with E-state index in [1.54, 1.807) is 24.3 Å². The average molecular weight is 374 g/mol. The number of allylic oxidation sites excluding steroid dienone is 2. The first-order valence-electron chi connectivity index (χ1n) is 6.23. The highest BCUT2D eigenvalue weighted by Gasteiger charge is 2.30. The van der Waals surface area contributed by atoms with E-state index in [4.69, 9.17) is 16.5 Å². The highest BCUT2D eigenvalue weighted by molar-refractivity contribution is 9.39. The number of ether oxygens (including phenoxy) is 1. The molecule has 0 radical (unpaired) electrons. The van der Waals surface area contributed by atoms with Gasteiger partial charge in [-0.3, -0.25) is 0 Å². The zero-order chi connectivity index (χ0) is 14.9. The topological polar surface area (TPSA) is 46.5 Å². The molecule has 0 spiro atoms. The van der Waals surface area contributed by atoms with Crippen LogP contribution in [0.1, 0.15) is 12.8 Å². The first-order valence-corrected chi connectivity index (χ1v) is 14.3. The summed E-state index contributed by atoms with van der Waals surface area (Å²) in [5.41, 5.74) is 0.240. The van der Waals surface area contributed by atoms with Gasteiger partial charge < -0.3 is 9.84 Å². The van der Waals surface area contributed by atoms with Crippen LogP contribution in [0.2, 0.25) is 0 Å². The van der Waals surface area contributed by atoms with Gasteiger partial charge in [0.1, 0.15) is 11.5 Å². The minimum absolute atomic E-state index is 0.00145. The van der Waals surface area contributed by atoms with Crippen molar-refractivity contribution in [2.45, 2.75) is 12.8 Å². The highest BCUT2D eigenvalue weighted by Crippen LogP contribution is 2.92. The van der Waals surface area contributed by atoms with Crippen LogP contribution in [0, 0.1) is 0 Å². The molecule has 1 aromatic carbocycles. The number of aliphatic hydroxyl groups is 1. The van der Waals surface area contributed by atoms with E-state index in [0.29, 0.717) is 5.75 Å². The van der Waals surface area contributed by atoms with E-state index in [1.165, 1.54) is 0 Å². The largest absolute Gasteiger partial charge is 0.507 e. The lowest BCUT2D eigenvalue weighted by atomic mass is 10.1. The summed E-state index contributed by atoms with van der Waals surface area (Å²) in [4.78, 5) is 12.0. The molecule has 110 valence electrons. The van der Waals surface area contributed by atoms with Crippen LogP contribution in [0.3, 0.4) is 0 Å². The number of benzene rings is 1. The molecule has 2 aliphatic rings. The maximum absolute atomic E-state index is 12.0. The molecular formula is C13H12O3P2S3. The summed E-state index contributed by atoms with van der Waals surface area (Å²) in [6.07, 6.45) is 4.83. The lowest BCUT2D eigenvalue weighted by Gasteiger charge is -2.28. The van der Waals surface area contributed by atoms with Crippen LogP contribution >= 0.6 is 33.4 Å². The molecule has 1 fully saturated rings. The SMILES string of the molecule is O=C(Oc1ccc(P2(=S)SPS2)cc1)C1=CCCC=C1O. The fourth-order valence-electron chi connectivity index (χ4n) is 1.92. The summed E-state index contributed by atoms with van der Waals surface area (Å²) in [6, 6.07) is 7.43. The molecule has 1 aliphatic carbocycles. The second kappa shape index (κ2) is 6.47. The van der Waals surface area contributed by atoms with Gasteiger partial charge in [0.25, 0.3) is 0 Å². The molecule has 0 amide bonds. The average Bonchev–Trinajstić information content (AvgIpc) is 2.46. The minimum atomic E-state index is -1.46. The molecule has 0 bridgehead atoms. The summed E-state index contributed by atoms with van der Waals surface area (Å²) >= 11 is 9.36. The molecule has 0 atom stereocenters. The number of esters is 1. The van der Waals surface area contributed by atoms with Gasteiger partial charge in [-0.05, 0) is 43.2 Å². The van der Waals surface area contributed by atoms with Gasteiger partial charge in [-0.1, -0.05) is 39.9 Å². The van der Waals surface area contributed by atoms with Gasteiger partial charge in [0.2, 0.25) is 0 Å². The van der Waals surface area contributed by atoms with Crippen LogP contribution in [0.5, 0.6) is 5.75 Å². The van der Waals surface area contributed by atoms with E-state index in [9.17, 15) is 9.90 Å². The molecule has 0 aromatic heterocycles. The van der Waals surface area contributed by atoms with E-state index in [2.05, 4.69) is 0 Å². The molecule has 0 saturated carbocycles. The predicted octanol–water partition coefficient (Wildman–Crippen LogP) is 4.68. The zero-order valence-corrected chi connectivity index (χ0v) is 15.2. The molecule has 3 rings (SSSR count). The highest BCUT2D eigenvalue weighted by atomic mass is 33.7. The van der Waals surface area contributed by atoms with Crippen LogP contribution in [0.25, 0.3) is 0 Å². The van der Waals surface area contributed by atoms with Crippen molar-refractivity contribution in [1.82, 2.24) is 0 Å². The van der Waals surface area contributed by atoms with Crippen molar-refractivity contribution < 1.29 is 14.6 Å². The minimum Gasteiger partial charge on any atom is -0.507 e. The molecule has 1 aliphatic heterocycles. The van der Waals surface area contributed by atoms with E-state index in [1.807, 2.05) is 34.1 Å². The Kier molecular flexibility index (Phi) is 4.82. The van der Waals surface area contributed by atoms with Gasteiger partial charge in [-0.25, -0.2) is 4.79 Å². The Hall–Kier alpha value is -0.250. The van der Waals surface area contributed by atoms with E-state index in [-0.39, 0.29) is 11.3 Å². The third-order valence-electron chi connectivity index (χ3n) is 3.03. The molecule has 1 aromatic rings. The van der Waals surface area contributed by atoms with E-state index in [0.717, 1.165) is 25.1 Å². The quantitative estimate of drug-likeness (QED) is 0.471. The van der Waals surface area contributed by atoms with Crippen molar-refractivity contribution in [1.29, 1.82) is 0 Å². The molecular weight excluding hydrogens is 362 g/mol. The number of rotatable bonds is 3. The van der Waals surface area contributed by atoms with Crippen molar-refractivity contribution in [2.75, 3.05) is 0 Å². The molecule has 21 heavy (non-hydrogen) atoms. The number of hydrogen-bond donors (Lipinski definition) is 1.